The van der Waals surface area contributed by atoms with Crippen molar-refractivity contribution in [3.05, 3.63) is 0 Å². The quantitative estimate of drug-likeness (QED) is 0.420. The predicted octanol–water partition coefficient (Wildman–Crippen LogP) is 1.12. The van der Waals surface area contributed by atoms with E-state index in [0.29, 0.717) is 0 Å². The Balaban J connectivity index is 4.79. The van der Waals surface area contributed by atoms with Gasteiger partial charge in [-0.1, -0.05) is 6.42 Å². The summed E-state index contributed by atoms with van der Waals surface area (Å²) in [5, 5.41) is 0. The zero-order valence-corrected chi connectivity index (χ0v) is 7.12. The van der Waals surface area contributed by atoms with Gasteiger partial charge in [0.25, 0.3) is 0 Å². The largest absolute Gasteiger partial charge is 0.454 e. The summed E-state index contributed by atoms with van der Waals surface area (Å²) in [6.07, 6.45) is -0.702. The van der Waals surface area contributed by atoms with E-state index in [-0.39, 0.29) is 0 Å². The number of terminal acetylenes is 1. The SMILES string of the molecule is C#COS(=O)(=O)CC(F)(F)C(F)(F)F. The molecule has 14 heavy (non-hydrogen) atoms. The van der Waals surface area contributed by atoms with Crippen molar-refractivity contribution in [2.24, 2.45) is 0 Å². The lowest BCUT2D eigenvalue weighted by molar-refractivity contribution is -0.271. The molecular weight excluding hydrogens is 235 g/mol. The lowest BCUT2D eigenvalue weighted by atomic mass is 10.4. The Bertz CT molecular complexity index is 335. The van der Waals surface area contributed by atoms with Crippen LogP contribution < -0.4 is 0 Å². The van der Waals surface area contributed by atoms with Crippen LogP contribution >= 0.6 is 0 Å². The first-order chi connectivity index (χ1) is 6.02. The van der Waals surface area contributed by atoms with Crippen molar-refractivity contribution >= 4 is 10.1 Å². The summed E-state index contributed by atoms with van der Waals surface area (Å²) in [7, 11) is -5.08. The molecule has 0 aromatic carbocycles. The summed E-state index contributed by atoms with van der Waals surface area (Å²) in [5.74, 6) is -7.92. The molecule has 0 rings (SSSR count). The van der Waals surface area contributed by atoms with Gasteiger partial charge < -0.3 is 4.18 Å². The highest BCUT2D eigenvalue weighted by atomic mass is 32.2. The highest BCUT2D eigenvalue weighted by Crippen LogP contribution is 2.36. The Morgan fingerprint density at radius 1 is 1.21 bits per heavy atom. The summed E-state index contributed by atoms with van der Waals surface area (Å²) in [5.41, 5.74) is 0. The fourth-order valence-electron chi connectivity index (χ4n) is 0.407. The second-order valence-corrected chi connectivity index (χ2v) is 3.68. The second kappa shape index (κ2) is 3.61. The van der Waals surface area contributed by atoms with Crippen LogP contribution in [0.2, 0.25) is 0 Å². The number of hydrogen-bond acceptors (Lipinski definition) is 3. The molecule has 3 nitrogen and oxygen atoms in total. The van der Waals surface area contributed by atoms with Crippen LogP contribution in [-0.4, -0.2) is 26.3 Å². The maximum Gasteiger partial charge on any atom is 0.454 e. The predicted molar refractivity (Wildman–Crippen MR) is 34.7 cm³/mol. The lowest BCUT2D eigenvalue weighted by Gasteiger charge is -2.17. The molecule has 0 saturated carbocycles. The molecule has 0 bridgehead atoms. The molecule has 0 unspecified atom stereocenters. The van der Waals surface area contributed by atoms with E-state index in [2.05, 4.69) is 10.6 Å². The maximum absolute atomic E-state index is 12.1. The second-order valence-electron chi connectivity index (χ2n) is 2.11. The molecule has 82 valence electrons. The van der Waals surface area contributed by atoms with Crippen molar-refractivity contribution in [1.82, 2.24) is 0 Å². The van der Waals surface area contributed by atoms with Crippen LogP contribution in [-0.2, 0) is 14.3 Å². The minimum absolute atomic E-state index is 0.993. The smallest absolute Gasteiger partial charge is 0.328 e. The molecule has 0 fully saturated rings. The average Bonchev–Trinajstić information content (AvgIpc) is 1.80. The van der Waals surface area contributed by atoms with E-state index < -0.39 is 28.0 Å². The lowest BCUT2D eigenvalue weighted by Crippen LogP contribution is -2.42. The molecular formula is C5H3F5O3S. The molecule has 0 aliphatic rings. The number of rotatable bonds is 3. The van der Waals surface area contributed by atoms with Gasteiger partial charge in [0.05, 0.1) is 0 Å². The highest BCUT2D eigenvalue weighted by Gasteiger charge is 2.60. The Labute approximate surface area is 76.0 Å². The van der Waals surface area contributed by atoms with Crippen molar-refractivity contribution in [3.63, 3.8) is 0 Å². The summed E-state index contributed by atoms with van der Waals surface area (Å²) in [4.78, 5) is 0. The van der Waals surface area contributed by atoms with Crippen molar-refractivity contribution in [2.45, 2.75) is 12.1 Å². The molecule has 0 aromatic rings. The molecule has 0 heterocycles. The highest BCUT2D eigenvalue weighted by molar-refractivity contribution is 7.86. The van der Waals surface area contributed by atoms with Gasteiger partial charge in [-0.25, -0.2) is 0 Å². The third-order valence-electron chi connectivity index (χ3n) is 0.948. The van der Waals surface area contributed by atoms with Gasteiger partial charge in [-0.2, -0.15) is 30.4 Å². The van der Waals surface area contributed by atoms with Crippen LogP contribution in [0.3, 0.4) is 0 Å². The van der Waals surface area contributed by atoms with Crippen LogP contribution in [0, 0.1) is 12.5 Å². The van der Waals surface area contributed by atoms with Gasteiger partial charge in [0.2, 0.25) is 0 Å². The van der Waals surface area contributed by atoms with Crippen LogP contribution in [0.15, 0.2) is 0 Å². The van der Waals surface area contributed by atoms with Gasteiger partial charge in [0.1, 0.15) is 6.11 Å². The van der Waals surface area contributed by atoms with Crippen molar-refractivity contribution in [2.75, 3.05) is 5.75 Å². The van der Waals surface area contributed by atoms with E-state index >= 15 is 0 Å². The first-order valence-electron chi connectivity index (χ1n) is 2.83. The Morgan fingerprint density at radius 3 is 1.93 bits per heavy atom. The molecule has 0 spiro atoms. The summed E-state index contributed by atoms with van der Waals surface area (Å²) in [6.45, 7) is 0. The summed E-state index contributed by atoms with van der Waals surface area (Å²) < 4.78 is 82.6. The van der Waals surface area contributed by atoms with Gasteiger partial charge in [-0.05, 0) is 0 Å². The van der Waals surface area contributed by atoms with E-state index in [1.807, 2.05) is 0 Å². The standard InChI is InChI=1S/C5H3F5O3S/c1-2-13-14(11,12)3-4(6,7)5(8,9)10/h1H,3H2. The molecule has 0 N–H and O–H groups in total. The number of halogens is 5. The average molecular weight is 238 g/mol. The molecule has 0 saturated heterocycles. The van der Waals surface area contributed by atoms with E-state index in [1.165, 1.54) is 0 Å². The number of hydrogen-bond donors (Lipinski definition) is 0. The Kier molecular flexibility index (Phi) is 3.34. The van der Waals surface area contributed by atoms with E-state index in [1.54, 1.807) is 0 Å². The minimum atomic E-state index is -5.96. The van der Waals surface area contributed by atoms with Gasteiger partial charge in [0, 0.05) is 0 Å². The first-order valence-corrected chi connectivity index (χ1v) is 4.41. The van der Waals surface area contributed by atoms with Crippen molar-refractivity contribution in [3.8, 4) is 12.5 Å². The van der Waals surface area contributed by atoms with Crippen LogP contribution in [0.25, 0.3) is 0 Å². The topological polar surface area (TPSA) is 43.4 Å². The fourth-order valence-corrected chi connectivity index (χ4v) is 1.22. The van der Waals surface area contributed by atoms with Crippen molar-refractivity contribution < 1.29 is 34.6 Å². The van der Waals surface area contributed by atoms with Crippen LogP contribution in [0.5, 0.6) is 0 Å². The normalized spacial score (nSPS) is 13.4. The third kappa shape index (κ3) is 3.37. The fraction of sp³-hybridized carbons (Fsp3) is 0.600. The molecule has 0 aliphatic heterocycles. The van der Waals surface area contributed by atoms with Gasteiger partial charge >= 0.3 is 22.2 Å². The minimum Gasteiger partial charge on any atom is -0.328 e. The van der Waals surface area contributed by atoms with Crippen LogP contribution in [0.1, 0.15) is 0 Å². The first kappa shape index (κ1) is 13.0. The Hall–Kier alpha value is -1.04. The van der Waals surface area contributed by atoms with Gasteiger partial charge in [-0.3, -0.25) is 0 Å². The van der Waals surface area contributed by atoms with Crippen molar-refractivity contribution in [1.29, 1.82) is 0 Å². The van der Waals surface area contributed by atoms with Gasteiger partial charge in [-0.15, -0.1) is 0 Å². The monoisotopic (exact) mass is 238 g/mol. The van der Waals surface area contributed by atoms with Crippen LogP contribution in [0.4, 0.5) is 22.0 Å². The summed E-state index contributed by atoms with van der Waals surface area (Å²) in [6, 6.07) is 0. The molecule has 0 amide bonds. The molecule has 0 aliphatic carbocycles. The third-order valence-corrected chi connectivity index (χ3v) is 2.01. The molecule has 0 radical (unpaired) electrons. The summed E-state index contributed by atoms with van der Waals surface area (Å²) >= 11 is 0. The molecule has 0 aromatic heterocycles. The maximum atomic E-state index is 12.1. The van der Waals surface area contributed by atoms with Gasteiger partial charge in [0.15, 0.2) is 5.75 Å². The number of alkyl halides is 5. The van der Waals surface area contributed by atoms with E-state index in [0.717, 1.165) is 6.11 Å². The zero-order valence-electron chi connectivity index (χ0n) is 6.31. The van der Waals surface area contributed by atoms with E-state index in [9.17, 15) is 30.4 Å². The molecule has 0 atom stereocenters. The Morgan fingerprint density at radius 2 is 1.64 bits per heavy atom. The zero-order chi connectivity index (χ0) is 11.6. The molecule has 9 heteroatoms. The van der Waals surface area contributed by atoms with E-state index in [4.69, 9.17) is 0 Å².